The number of thioether (sulfide) groups is 1. The van der Waals surface area contributed by atoms with Crippen LogP contribution in [0.3, 0.4) is 0 Å². The molecule has 0 spiro atoms. The van der Waals surface area contributed by atoms with Crippen LogP contribution in [0.4, 0.5) is 0 Å². The van der Waals surface area contributed by atoms with E-state index in [0.29, 0.717) is 16.9 Å². The van der Waals surface area contributed by atoms with Crippen molar-refractivity contribution < 1.29 is 9.15 Å². The molecule has 27 heavy (non-hydrogen) atoms. The molecule has 2 aromatic carbocycles. The molecule has 0 bridgehead atoms. The van der Waals surface area contributed by atoms with Crippen LogP contribution in [0.25, 0.3) is 17.1 Å². The molecular weight excluding hydrogens is 364 g/mol. The quantitative estimate of drug-likeness (QED) is 0.469. The number of hydrogen-bond acceptors (Lipinski definition) is 8. The lowest BCUT2D eigenvalue weighted by atomic mass is 10.2. The third-order valence-corrected chi connectivity index (χ3v) is 4.87. The van der Waals surface area contributed by atoms with Crippen LogP contribution in [0, 0.1) is 0 Å². The molecular formula is C18H16N6O2S. The zero-order chi connectivity index (χ0) is 18.6. The zero-order valence-electron chi connectivity index (χ0n) is 14.7. The van der Waals surface area contributed by atoms with Gasteiger partial charge in [0.1, 0.15) is 5.75 Å². The van der Waals surface area contributed by atoms with Gasteiger partial charge < -0.3 is 9.15 Å². The summed E-state index contributed by atoms with van der Waals surface area (Å²) in [7, 11) is 1.63. The van der Waals surface area contributed by atoms with Crippen LogP contribution in [0.15, 0.2) is 64.2 Å². The molecule has 2 aromatic heterocycles. The normalized spacial score (nSPS) is 12.1. The minimum Gasteiger partial charge on any atom is -0.497 e. The van der Waals surface area contributed by atoms with E-state index >= 15 is 0 Å². The predicted molar refractivity (Wildman–Crippen MR) is 99.7 cm³/mol. The van der Waals surface area contributed by atoms with E-state index in [0.717, 1.165) is 17.0 Å². The summed E-state index contributed by atoms with van der Waals surface area (Å²) in [5.74, 6) is 1.78. The number of hydrogen-bond donors (Lipinski definition) is 0. The fraction of sp³-hybridized carbons (Fsp3) is 0.167. The summed E-state index contributed by atoms with van der Waals surface area (Å²) in [5.41, 5.74) is 1.72. The number of aromatic nitrogens is 6. The minimum absolute atomic E-state index is 0.113. The fourth-order valence-electron chi connectivity index (χ4n) is 2.44. The Hall–Kier alpha value is -3.20. The maximum Gasteiger partial charge on any atom is 0.247 e. The Labute approximate surface area is 159 Å². The second-order valence-electron chi connectivity index (χ2n) is 5.64. The highest BCUT2D eigenvalue weighted by atomic mass is 32.2. The van der Waals surface area contributed by atoms with Crippen molar-refractivity contribution in [2.24, 2.45) is 0 Å². The molecule has 136 valence electrons. The van der Waals surface area contributed by atoms with Crippen LogP contribution < -0.4 is 4.74 Å². The van der Waals surface area contributed by atoms with Gasteiger partial charge in [0.05, 0.1) is 18.0 Å². The van der Waals surface area contributed by atoms with Crippen LogP contribution in [0.1, 0.15) is 18.1 Å². The van der Waals surface area contributed by atoms with E-state index in [1.807, 2.05) is 61.5 Å². The van der Waals surface area contributed by atoms with Crippen LogP contribution in [0.2, 0.25) is 0 Å². The summed E-state index contributed by atoms with van der Waals surface area (Å²) in [6, 6.07) is 17.2. The van der Waals surface area contributed by atoms with Crippen molar-refractivity contribution in [3.05, 3.63) is 60.5 Å². The SMILES string of the molecule is COc1ccc(-n2nnnc2S[C@@H](C)c2nnc(-c3ccccc3)o2)cc1. The Kier molecular flexibility index (Phi) is 4.84. The van der Waals surface area contributed by atoms with Gasteiger partial charge in [-0.1, -0.05) is 30.0 Å². The highest BCUT2D eigenvalue weighted by molar-refractivity contribution is 7.99. The highest BCUT2D eigenvalue weighted by Crippen LogP contribution is 2.34. The molecule has 0 fully saturated rings. The maximum atomic E-state index is 5.82. The second kappa shape index (κ2) is 7.58. The summed E-state index contributed by atoms with van der Waals surface area (Å²) >= 11 is 1.44. The number of methoxy groups -OCH3 is 1. The summed E-state index contributed by atoms with van der Waals surface area (Å²) in [5, 5.41) is 20.8. The smallest absolute Gasteiger partial charge is 0.247 e. The number of rotatable bonds is 6. The van der Waals surface area contributed by atoms with Crippen LogP contribution >= 0.6 is 11.8 Å². The third kappa shape index (κ3) is 3.68. The molecule has 0 aliphatic carbocycles. The van der Waals surface area contributed by atoms with Gasteiger partial charge in [0, 0.05) is 5.56 Å². The summed E-state index contributed by atoms with van der Waals surface area (Å²) in [6.07, 6.45) is 0. The Morgan fingerprint density at radius 3 is 2.52 bits per heavy atom. The van der Waals surface area contributed by atoms with Gasteiger partial charge in [0.15, 0.2) is 0 Å². The van der Waals surface area contributed by atoms with Gasteiger partial charge in [-0.25, -0.2) is 0 Å². The predicted octanol–water partition coefficient (Wildman–Crippen LogP) is 3.57. The Bertz CT molecular complexity index is 1020. The Balaban J connectivity index is 1.53. The maximum absolute atomic E-state index is 5.82. The molecule has 9 heteroatoms. The van der Waals surface area contributed by atoms with Crippen molar-refractivity contribution in [3.8, 4) is 22.9 Å². The summed E-state index contributed by atoms with van der Waals surface area (Å²) in [6.45, 7) is 1.97. The van der Waals surface area contributed by atoms with Gasteiger partial charge in [-0.3, -0.25) is 0 Å². The lowest BCUT2D eigenvalue weighted by Crippen LogP contribution is -2.00. The Morgan fingerprint density at radius 2 is 1.78 bits per heavy atom. The van der Waals surface area contributed by atoms with Gasteiger partial charge in [-0.05, 0) is 53.7 Å². The van der Waals surface area contributed by atoms with Gasteiger partial charge in [0.2, 0.25) is 16.9 Å². The molecule has 8 nitrogen and oxygen atoms in total. The van der Waals surface area contributed by atoms with Crippen molar-refractivity contribution in [3.63, 3.8) is 0 Å². The molecule has 4 aromatic rings. The first-order valence-corrected chi connectivity index (χ1v) is 9.11. The van der Waals surface area contributed by atoms with E-state index in [4.69, 9.17) is 9.15 Å². The second-order valence-corrected chi connectivity index (χ2v) is 6.95. The topological polar surface area (TPSA) is 91.8 Å². The Morgan fingerprint density at radius 1 is 1.00 bits per heavy atom. The van der Waals surface area contributed by atoms with Crippen molar-refractivity contribution in [2.45, 2.75) is 17.3 Å². The van der Waals surface area contributed by atoms with E-state index in [-0.39, 0.29) is 5.25 Å². The number of nitrogens with zero attached hydrogens (tertiary/aromatic N) is 6. The average molecular weight is 380 g/mol. The van der Waals surface area contributed by atoms with E-state index in [9.17, 15) is 0 Å². The van der Waals surface area contributed by atoms with E-state index in [2.05, 4.69) is 25.7 Å². The molecule has 1 atom stereocenters. The van der Waals surface area contributed by atoms with Gasteiger partial charge in [0.25, 0.3) is 0 Å². The van der Waals surface area contributed by atoms with Gasteiger partial charge in [-0.2, -0.15) is 4.68 Å². The fourth-order valence-corrected chi connectivity index (χ4v) is 3.28. The van der Waals surface area contributed by atoms with Crippen molar-refractivity contribution in [1.29, 1.82) is 0 Å². The minimum atomic E-state index is -0.113. The zero-order valence-corrected chi connectivity index (χ0v) is 15.5. The van der Waals surface area contributed by atoms with Crippen LogP contribution in [0.5, 0.6) is 5.75 Å². The molecule has 0 amide bonds. The molecule has 4 rings (SSSR count). The first-order valence-electron chi connectivity index (χ1n) is 8.23. The lowest BCUT2D eigenvalue weighted by molar-refractivity contribution is 0.414. The van der Waals surface area contributed by atoms with Crippen molar-refractivity contribution >= 4 is 11.8 Å². The molecule has 0 radical (unpaired) electrons. The standard InChI is InChI=1S/C18H16N6O2S/c1-12(16-19-20-17(26-16)13-6-4-3-5-7-13)27-18-21-22-23-24(18)14-8-10-15(25-2)11-9-14/h3-12H,1-2H3/t12-/m0/s1. The van der Waals surface area contributed by atoms with Crippen molar-refractivity contribution in [2.75, 3.05) is 7.11 Å². The van der Waals surface area contributed by atoms with E-state index in [1.54, 1.807) is 11.8 Å². The van der Waals surface area contributed by atoms with Gasteiger partial charge in [-0.15, -0.1) is 15.3 Å². The first kappa shape index (κ1) is 17.2. The molecule has 0 saturated heterocycles. The van der Waals surface area contributed by atoms with Gasteiger partial charge >= 0.3 is 0 Å². The molecule has 0 aliphatic rings. The summed E-state index contributed by atoms with van der Waals surface area (Å²) < 4.78 is 12.7. The number of ether oxygens (including phenoxy) is 1. The average Bonchev–Trinajstić information content (AvgIpc) is 3.38. The third-order valence-electron chi connectivity index (χ3n) is 3.85. The molecule has 0 aliphatic heterocycles. The molecule has 0 unspecified atom stereocenters. The number of benzene rings is 2. The largest absolute Gasteiger partial charge is 0.497 e. The van der Waals surface area contributed by atoms with Crippen LogP contribution in [-0.4, -0.2) is 37.5 Å². The molecule has 2 heterocycles. The van der Waals surface area contributed by atoms with Crippen LogP contribution in [-0.2, 0) is 0 Å². The van der Waals surface area contributed by atoms with E-state index in [1.165, 1.54) is 11.8 Å². The number of tetrazole rings is 1. The highest BCUT2D eigenvalue weighted by Gasteiger charge is 2.20. The molecule has 0 saturated carbocycles. The monoisotopic (exact) mass is 380 g/mol. The lowest BCUT2D eigenvalue weighted by Gasteiger charge is -2.08. The summed E-state index contributed by atoms with van der Waals surface area (Å²) in [4.78, 5) is 0. The van der Waals surface area contributed by atoms with Crippen molar-refractivity contribution in [1.82, 2.24) is 30.4 Å². The first-order chi connectivity index (χ1) is 13.2. The molecule has 0 N–H and O–H groups in total. The van der Waals surface area contributed by atoms with E-state index < -0.39 is 0 Å².